The van der Waals surface area contributed by atoms with Crippen LogP contribution in [0.2, 0.25) is 0 Å². The van der Waals surface area contributed by atoms with E-state index in [1.165, 1.54) is 0 Å². The average molecular weight is 267 g/mol. The molecule has 1 atom stereocenters. The Morgan fingerprint density at radius 1 is 1.10 bits per heavy atom. The number of Topliss-reactive ketones (excluding diaryl/α,β-unsaturated/α-hetero) is 1. The van der Waals surface area contributed by atoms with Crippen LogP contribution in [0, 0.1) is 0 Å². The van der Waals surface area contributed by atoms with Gasteiger partial charge in [-0.05, 0) is 36.8 Å². The van der Waals surface area contributed by atoms with Gasteiger partial charge in [0.2, 0.25) is 5.78 Å². The molecule has 0 saturated carbocycles. The van der Waals surface area contributed by atoms with Crippen LogP contribution in [0.4, 0.5) is 0 Å². The summed E-state index contributed by atoms with van der Waals surface area (Å²) in [7, 11) is 0. The second kappa shape index (κ2) is 4.17. The lowest BCUT2D eigenvalue weighted by molar-refractivity contribution is 0.0323. The average Bonchev–Trinajstić information content (AvgIpc) is 2.74. The maximum atomic E-state index is 12.8. The number of carbonyl (C=O) groups excluding carboxylic acids is 1. The molecular formula is C17H17NO2. The third kappa shape index (κ3) is 1.59. The molecule has 1 unspecified atom stereocenters. The highest BCUT2D eigenvalue weighted by atomic mass is 16.5. The van der Waals surface area contributed by atoms with Gasteiger partial charge < -0.3 is 4.74 Å². The van der Waals surface area contributed by atoms with E-state index in [1.54, 1.807) is 12.4 Å². The van der Waals surface area contributed by atoms with Crippen molar-refractivity contribution in [3.63, 3.8) is 0 Å². The van der Waals surface area contributed by atoms with Gasteiger partial charge in [0.1, 0.15) is 5.75 Å². The third-order valence-corrected chi connectivity index (χ3v) is 4.47. The highest BCUT2D eigenvalue weighted by Crippen LogP contribution is 2.46. The van der Waals surface area contributed by atoms with Crippen LogP contribution in [0.25, 0.3) is 0 Å². The Bertz CT molecular complexity index is 664. The number of fused-ring (bicyclic) bond motifs is 1. The minimum absolute atomic E-state index is 0.0370. The predicted octanol–water partition coefficient (Wildman–Crippen LogP) is 3.39. The van der Waals surface area contributed by atoms with Crippen LogP contribution in [0.5, 0.6) is 5.75 Å². The summed E-state index contributed by atoms with van der Waals surface area (Å²) in [6.45, 7) is 5.94. The zero-order valence-electron chi connectivity index (χ0n) is 11.9. The van der Waals surface area contributed by atoms with Crippen molar-refractivity contribution in [1.82, 2.24) is 4.98 Å². The number of nitrogens with zero attached hydrogens (tertiary/aromatic N) is 1. The summed E-state index contributed by atoms with van der Waals surface area (Å²) >= 11 is 0. The van der Waals surface area contributed by atoms with E-state index in [4.69, 9.17) is 4.74 Å². The van der Waals surface area contributed by atoms with Gasteiger partial charge in [0.05, 0.1) is 5.56 Å². The zero-order chi connectivity index (χ0) is 14.4. The predicted molar refractivity (Wildman–Crippen MR) is 77.1 cm³/mol. The number of ether oxygens (including phenoxy) is 1. The first kappa shape index (κ1) is 12.9. The number of para-hydroxylation sites is 1. The first-order chi connectivity index (χ1) is 9.47. The van der Waals surface area contributed by atoms with E-state index < -0.39 is 11.0 Å². The number of hydrogen-bond donors (Lipinski definition) is 0. The third-order valence-electron chi connectivity index (χ3n) is 4.47. The summed E-state index contributed by atoms with van der Waals surface area (Å²) in [5, 5.41) is 0. The van der Waals surface area contributed by atoms with Gasteiger partial charge in [-0.2, -0.15) is 0 Å². The molecule has 0 radical (unpaired) electrons. The Kier molecular flexibility index (Phi) is 2.68. The number of pyridine rings is 1. The van der Waals surface area contributed by atoms with Crippen molar-refractivity contribution in [2.75, 3.05) is 0 Å². The molecule has 0 saturated heterocycles. The van der Waals surface area contributed by atoms with Crippen LogP contribution in [0.3, 0.4) is 0 Å². The fraction of sp³-hybridized carbons (Fsp3) is 0.294. The molecule has 3 rings (SSSR count). The topological polar surface area (TPSA) is 39.2 Å². The number of carbonyl (C=O) groups is 1. The van der Waals surface area contributed by atoms with Crippen LogP contribution in [0.15, 0.2) is 48.8 Å². The summed E-state index contributed by atoms with van der Waals surface area (Å²) < 4.78 is 6.06. The van der Waals surface area contributed by atoms with Crippen molar-refractivity contribution in [3.05, 3.63) is 59.9 Å². The molecule has 0 fully saturated rings. The lowest BCUT2D eigenvalue weighted by atomic mass is 9.69. The van der Waals surface area contributed by atoms with Crippen LogP contribution >= 0.6 is 0 Å². The molecule has 0 N–H and O–H groups in total. The Morgan fingerprint density at radius 2 is 1.75 bits per heavy atom. The quantitative estimate of drug-likeness (QED) is 0.837. The van der Waals surface area contributed by atoms with Crippen LogP contribution in [-0.2, 0) is 5.41 Å². The van der Waals surface area contributed by atoms with E-state index in [9.17, 15) is 4.79 Å². The molecule has 0 amide bonds. The molecule has 3 heteroatoms. The minimum Gasteiger partial charge on any atom is -0.478 e. The van der Waals surface area contributed by atoms with Gasteiger partial charge in [0, 0.05) is 17.8 Å². The maximum absolute atomic E-state index is 12.8. The molecule has 102 valence electrons. The molecule has 0 spiro atoms. The highest BCUT2D eigenvalue weighted by molar-refractivity contribution is 6.08. The molecule has 3 nitrogen and oxygen atoms in total. The Hall–Kier alpha value is -2.16. The van der Waals surface area contributed by atoms with Gasteiger partial charge in [-0.25, -0.2) is 0 Å². The van der Waals surface area contributed by atoms with Gasteiger partial charge in [-0.15, -0.1) is 0 Å². The Labute approximate surface area is 118 Å². The van der Waals surface area contributed by atoms with Crippen molar-refractivity contribution in [3.8, 4) is 5.75 Å². The van der Waals surface area contributed by atoms with Crippen molar-refractivity contribution in [2.24, 2.45) is 0 Å². The molecule has 1 aliphatic rings. The van der Waals surface area contributed by atoms with Crippen molar-refractivity contribution < 1.29 is 9.53 Å². The lowest BCUT2D eigenvalue weighted by Gasteiger charge is -2.39. The summed E-state index contributed by atoms with van der Waals surface area (Å²) in [4.78, 5) is 16.8. The largest absolute Gasteiger partial charge is 0.478 e. The monoisotopic (exact) mass is 267 g/mol. The van der Waals surface area contributed by atoms with Gasteiger partial charge in [0.25, 0.3) is 0 Å². The summed E-state index contributed by atoms with van der Waals surface area (Å²) in [6, 6.07) is 11.3. The standard InChI is InChI=1S/C17H17NO2/c1-16(2,12-8-10-18-11-9-12)17(3)15(19)13-6-4-5-7-14(13)20-17/h4-11H,1-3H3. The molecule has 2 aromatic rings. The van der Waals surface area contributed by atoms with E-state index >= 15 is 0 Å². The molecule has 20 heavy (non-hydrogen) atoms. The van der Waals surface area contributed by atoms with Gasteiger partial charge in [-0.3, -0.25) is 9.78 Å². The minimum atomic E-state index is -0.905. The normalized spacial score (nSPS) is 21.4. The molecule has 2 heterocycles. The molecule has 1 aliphatic heterocycles. The van der Waals surface area contributed by atoms with E-state index in [2.05, 4.69) is 4.98 Å². The van der Waals surface area contributed by atoms with Crippen LogP contribution in [-0.4, -0.2) is 16.4 Å². The van der Waals surface area contributed by atoms with E-state index in [0.29, 0.717) is 11.3 Å². The fourth-order valence-electron chi connectivity index (χ4n) is 2.72. The van der Waals surface area contributed by atoms with E-state index in [1.807, 2.05) is 57.2 Å². The second-order valence-corrected chi connectivity index (χ2v) is 5.82. The summed E-state index contributed by atoms with van der Waals surface area (Å²) in [5.74, 6) is 0.706. The molecule has 1 aromatic heterocycles. The van der Waals surface area contributed by atoms with Crippen molar-refractivity contribution in [2.45, 2.75) is 31.8 Å². The maximum Gasteiger partial charge on any atom is 0.210 e. The number of benzene rings is 1. The molecular weight excluding hydrogens is 250 g/mol. The SMILES string of the molecule is CC1(C(C)(C)c2ccncc2)Oc2ccccc2C1=O. The Balaban J connectivity index is 2.09. The molecule has 0 bridgehead atoms. The van der Waals surface area contributed by atoms with Gasteiger partial charge >= 0.3 is 0 Å². The van der Waals surface area contributed by atoms with Gasteiger partial charge in [-0.1, -0.05) is 26.0 Å². The van der Waals surface area contributed by atoms with Gasteiger partial charge in [0.15, 0.2) is 5.60 Å². The second-order valence-electron chi connectivity index (χ2n) is 5.82. The first-order valence-corrected chi connectivity index (χ1v) is 6.70. The number of aromatic nitrogens is 1. The smallest absolute Gasteiger partial charge is 0.210 e. The van der Waals surface area contributed by atoms with Crippen LogP contribution < -0.4 is 4.74 Å². The van der Waals surface area contributed by atoms with Crippen molar-refractivity contribution >= 4 is 5.78 Å². The first-order valence-electron chi connectivity index (χ1n) is 6.70. The molecule has 1 aromatic carbocycles. The Morgan fingerprint density at radius 3 is 2.40 bits per heavy atom. The molecule has 0 aliphatic carbocycles. The summed E-state index contributed by atoms with van der Waals surface area (Å²) in [5.41, 5.74) is 0.345. The zero-order valence-corrected chi connectivity index (χ0v) is 11.9. The number of hydrogen-bond acceptors (Lipinski definition) is 3. The number of ketones is 1. The van der Waals surface area contributed by atoms with Crippen molar-refractivity contribution in [1.29, 1.82) is 0 Å². The van der Waals surface area contributed by atoms with Crippen LogP contribution in [0.1, 0.15) is 36.7 Å². The highest BCUT2D eigenvalue weighted by Gasteiger charge is 2.54. The van der Waals surface area contributed by atoms with E-state index in [0.717, 1.165) is 5.56 Å². The fourth-order valence-corrected chi connectivity index (χ4v) is 2.72. The lowest BCUT2D eigenvalue weighted by Crippen LogP contribution is -2.53. The number of rotatable bonds is 2. The van der Waals surface area contributed by atoms with E-state index in [-0.39, 0.29) is 5.78 Å². The summed E-state index contributed by atoms with van der Waals surface area (Å²) in [6.07, 6.45) is 3.49.